The molecular weight excluding hydrogens is 318 g/mol. The molecule has 25 heavy (non-hydrogen) atoms. The number of allylic oxidation sites excluding steroid dienone is 2. The number of carboxylic acids is 1. The Morgan fingerprint density at radius 3 is 2.64 bits per heavy atom. The summed E-state index contributed by atoms with van der Waals surface area (Å²) in [6, 6.07) is 5.66. The Bertz CT molecular complexity index is 864. The standard InChI is InChI=1S/C20H21NO4/c22-19(14-6-1-2-7-15(14)20(23)24)21-12-9-10-18-16(11-12)13-5-3-4-8-17(13)25-18/h1-2,9-11,14-15H,3-8H2,(H,21,22)(H,23,24)/t14-,15+/m0/s1. The molecule has 5 heteroatoms. The lowest BCUT2D eigenvalue weighted by atomic mass is 9.82. The summed E-state index contributed by atoms with van der Waals surface area (Å²) in [6.45, 7) is 0. The number of anilines is 1. The van der Waals surface area contributed by atoms with Crippen LogP contribution in [0.25, 0.3) is 11.0 Å². The van der Waals surface area contributed by atoms with E-state index < -0.39 is 17.8 Å². The molecule has 1 heterocycles. The van der Waals surface area contributed by atoms with E-state index in [1.54, 1.807) is 0 Å². The van der Waals surface area contributed by atoms with Crippen LogP contribution in [0.3, 0.4) is 0 Å². The molecule has 2 atom stereocenters. The van der Waals surface area contributed by atoms with Crippen LogP contribution < -0.4 is 5.32 Å². The van der Waals surface area contributed by atoms with Crippen LogP contribution in [0, 0.1) is 11.8 Å². The summed E-state index contributed by atoms with van der Waals surface area (Å²) < 4.78 is 5.92. The molecule has 2 aliphatic rings. The van der Waals surface area contributed by atoms with Gasteiger partial charge in [-0.25, -0.2) is 0 Å². The van der Waals surface area contributed by atoms with Gasteiger partial charge in [-0.1, -0.05) is 12.2 Å². The van der Waals surface area contributed by atoms with Crippen molar-refractivity contribution in [3.63, 3.8) is 0 Å². The zero-order valence-electron chi connectivity index (χ0n) is 14.0. The van der Waals surface area contributed by atoms with Gasteiger partial charge in [-0.3, -0.25) is 9.59 Å². The monoisotopic (exact) mass is 339 g/mol. The van der Waals surface area contributed by atoms with E-state index in [4.69, 9.17) is 4.42 Å². The van der Waals surface area contributed by atoms with Crippen LogP contribution in [0.5, 0.6) is 0 Å². The minimum atomic E-state index is -0.913. The van der Waals surface area contributed by atoms with Crippen molar-refractivity contribution in [2.75, 3.05) is 5.32 Å². The quantitative estimate of drug-likeness (QED) is 0.831. The summed E-state index contributed by atoms with van der Waals surface area (Å²) in [5.74, 6) is -1.27. The summed E-state index contributed by atoms with van der Waals surface area (Å²) in [4.78, 5) is 24.0. The highest BCUT2D eigenvalue weighted by Crippen LogP contribution is 2.34. The van der Waals surface area contributed by atoms with Crippen molar-refractivity contribution >= 4 is 28.5 Å². The van der Waals surface area contributed by atoms with Crippen molar-refractivity contribution < 1.29 is 19.1 Å². The zero-order chi connectivity index (χ0) is 17.4. The first-order valence-electron chi connectivity index (χ1n) is 8.86. The molecule has 0 fully saturated rings. The minimum absolute atomic E-state index is 0.228. The van der Waals surface area contributed by atoms with Gasteiger partial charge in [0.05, 0.1) is 11.8 Å². The molecule has 130 valence electrons. The number of rotatable bonds is 3. The largest absolute Gasteiger partial charge is 0.481 e. The maximum absolute atomic E-state index is 12.6. The van der Waals surface area contributed by atoms with Gasteiger partial charge in [0.1, 0.15) is 11.3 Å². The normalized spacial score (nSPS) is 22.6. The van der Waals surface area contributed by atoms with Gasteiger partial charge in [0, 0.05) is 23.1 Å². The smallest absolute Gasteiger partial charge is 0.307 e. The molecule has 2 aromatic rings. The van der Waals surface area contributed by atoms with Crippen LogP contribution >= 0.6 is 0 Å². The number of fused-ring (bicyclic) bond motifs is 3. The average molecular weight is 339 g/mol. The number of aliphatic carboxylic acids is 1. The number of carboxylic acid groups (broad SMARTS) is 1. The third-order valence-corrected chi connectivity index (χ3v) is 5.31. The fourth-order valence-electron chi connectivity index (χ4n) is 3.95. The van der Waals surface area contributed by atoms with Crippen LogP contribution in [0.1, 0.15) is 37.0 Å². The number of amides is 1. The number of hydrogen-bond donors (Lipinski definition) is 2. The highest BCUT2D eigenvalue weighted by molar-refractivity contribution is 5.97. The Kier molecular flexibility index (Phi) is 4.07. The van der Waals surface area contributed by atoms with Crippen molar-refractivity contribution in [2.24, 2.45) is 11.8 Å². The number of carbonyl (C=O) groups excluding carboxylic acids is 1. The van der Waals surface area contributed by atoms with Crippen molar-refractivity contribution in [2.45, 2.75) is 38.5 Å². The summed E-state index contributed by atoms with van der Waals surface area (Å²) >= 11 is 0. The van der Waals surface area contributed by atoms with Gasteiger partial charge in [0.2, 0.25) is 5.91 Å². The molecule has 0 unspecified atom stereocenters. The molecule has 0 saturated carbocycles. The van der Waals surface area contributed by atoms with Gasteiger partial charge in [-0.15, -0.1) is 0 Å². The van der Waals surface area contributed by atoms with Crippen molar-refractivity contribution in [1.82, 2.24) is 0 Å². The van der Waals surface area contributed by atoms with Crippen LogP contribution in [-0.4, -0.2) is 17.0 Å². The fraction of sp³-hybridized carbons (Fsp3) is 0.400. The second-order valence-corrected chi connectivity index (χ2v) is 6.91. The Morgan fingerprint density at radius 1 is 1.08 bits per heavy atom. The maximum Gasteiger partial charge on any atom is 0.307 e. The molecule has 0 spiro atoms. The molecule has 1 amide bonds. The Morgan fingerprint density at radius 2 is 1.84 bits per heavy atom. The highest BCUT2D eigenvalue weighted by atomic mass is 16.4. The Labute approximate surface area is 145 Å². The first-order valence-corrected chi connectivity index (χ1v) is 8.86. The first kappa shape index (κ1) is 15.9. The fourth-order valence-corrected chi connectivity index (χ4v) is 3.95. The van der Waals surface area contributed by atoms with E-state index in [0.29, 0.717) is 18.5 Å². The Hall–Kier alpha value is -2.56. The lowest BCUT2D eigenvalue weighted by Crippen LogP contribution is -2.34. The number of nitrogens with one attached hydrogen (secondary N) is 1. The van der Waals surface area contributed by atoms with E-state index in [0.717, 1.165) is 42.4 Å². The molecule has 0 aliphatic heterocycles. The molecular formula is C20H21NO4. The SMILES string of the molecule is O=C(Nc1ccc2oc3c(c2c1)CCCC3)[C@H]1CC=CC[C@H]1C(=O)O. The number of benzene rings is 1. The van der Waals surface area contributed by atoms with Crippen molar-refractivity contribution in [3.8, 4) is 0 Å². The number of aryl methyl sites for hydroxylation is 2. The molecule has 1 aromatic carbocycles. The summed E-state index contributed by atoms with van der Waals surface area (Å²) in [6.07, 6.45) is 8.89. The lowest BCUT2D eigenvalue weighted by molar-refractivity contribution is -0.146. The third-order valence-electron chi connectivity index (χ3n) is 5.31. The van der Waals surface area contributed by atoms with Crippen LogP contribution in [0.2, 0.25) is 0 Å². The maximum atomic E-state index is 12.6. The highest BCUT2D eigenvalue weighted by Gasteiger charge is 2.34. The minimum Gasteiger partial charge on any atom is -0.481 e. The molecule has 4 rings (SSSR count). The summed E-state index contributed by atoms with van der Waals surface area (Å²) in [5.41, 5.74) is 2.81. The number of furan rings is 1. The van der Waals surface area contributed by atoms with E-state index in [9.17, 15) is 14.7 Å². The van der Waals surface area contributed by atoms with Gasteiger partial charge in [-0.2, -0.15) is 0 Å². The molecule has 0 saturated heterocycles. The van der Waals surface area contributed by atoms with Crippen LogP contribution in [0.15, 0.2) is 34.8 Å². The van der Waals surface area contributed by atoms with Crippen molar-refractivity contribution in [1.29, 1.82) is 0 Å². The summed E-state index contributed by atoms with van der Waals surface area (Å²) in [7, 11) is 0. The van der Waals surface area contributed by atoms with Gasteiger partial charge in [0.15, 0.2) is 0 Å². The van der Waals surface area contributed by atoms with Gasteiger partial charge < -0.3 is 14.8 Å². The topological polar surface area (TPSA) is 79.5 Å². The van der Waals surface area contributed by atoms with Gasteiger partial charge in [-0.05, 0) is 50.3 Å². The third kappa shape index (κ3) is 2.95. The summed E-state index contributed by atoms with van der Waals surface area (Å²) in [5, 5.41) is 13.3. The molecule has 2 aliphatic carbocycles. The molecule has 5 nitrogen and oxygen atoms in total. The first-order chi connectivity index (χ1) is 12.1. The zero-order valence-corrected chi connectivity index (χ0v) is 14.0. The van der Waals surface area contributed by atoms with Gasteiger partial charge in [0.25, 0.3) is 0 Å². The van der Waals surface area contributed by atoms with E-state index in [1.165, 1.54) is 5.56 Å². The van der Waals surface area contributed by atoms with Crippen LogP contribution in [-0.2, 0) is 22.4 Å². The number of hydrogen-bond acceptors (Lipinski definition) is 3. The number of carbonyl (C=O) groups is 2. The average Bonchev–Trinajstić information content (AvgIpc) is 2.99. The van der Waals surface area contributed by atoms with Crippen LogP contribution in [0.4, 0.5) is 5.69 Å². The molecule has 0 radical (unpaired) electrons. The van der Waals surface area contributed by atoms with E-state index >= 15 is 0 Å². The van der Waals surface area contributed by atoms with E-state index in [1.807, 2.05) is 30.4 Å². The van der Waals surface area contributed by atoms with E-state index in [-0.39, 0.29) is 5.91 Å². The van der Waals surface area contributed by atoms with Gasteiger partial charge >= 0.3 is 5.97 Å². The van der Waals surface area contributed by atoms with E-state index in [2.05, 4.69) is 5.32 Å². The molecule has 2 N–H and O–H groups in total. The second-order valence-electron chi connectivity index (χ2n) is 6.91. The predicted octanol–water partition coefficient (Wildman–Crippen LogP) is 3.92. The second kappa shape index (κ2) is 6.39. The van der Waals surface area contributed by atoms with Crippen molar-refractivity contribution in [3.05, 3.63) is 41.7 Å². The lowest BCUT2D eigenvalue weighted by Gasteiger charge is -2.24. The molecule has 0 bridgehead atoms. The molecule has 1 aromatic heterocycles. The predicted molar refractivity (Wildman–Crippen MR) is 94.5 cm³/mol. The Balaban J connectivity index is 1.58.